The van der Waals surface area contributed by atoms with Crippen molar-refractivity contribution in [2.24, 2.45) is 7.05 Å². The number of hydrogen-bond donors (Lipinski definition) is 3. The monoisotopic (exact) mass is 419 g/mol. The van der Waals surface area contributed by atoms with Gasteiger partial charge in [-0.25, -0.2) is 23.6 Å². The minimum atomic E-state index is -1.24. The first-order chi connectivity index (χ1) is 14.2. The Bertz CT molecular complexity index is 1090. The number of aromatic nitrogens is 5. The van der Waals surface area contributed by atoms with Gasteiger partial charge in [-0.15, -0.1) is 5.10 Å². The standard InChI is InChI=1S/C17H15F2N7O4/c1-8(11-5-9(18)6-21-14(11)19)30-17(29)23-15-13(24-25-26(15)2)12-4-3-10(7-20-12)22-16(27)28/h3-8,22H,1-2H3,(H,23,29)(H,27,28). The van der Waals surface area contributed by atoms with Crippen LogP contribution in [0.2, 0.25) is 0 Å². The van der Waals surface area contributed by atoms with Crippen LogP contribution in [-0.2, 0) is 11.8 Å². The molecule has 0 aliphatic rings. The number of anilines is 2. The van der Waals surface area contributed by atoms with Gasteiger partial charge in [0.05, 0.1) is 29.3 Å². The Morgan fingerprint density at radius 2 is 1.97 bits per heavy atom. The molecule has 3 heterocycles. The van der Waals surface area contributed by atoms with Crippen LogP contribution in [0.1, 0.15) is 18.6 Å². The van der Waals surface area contributed by atoms with Crippen LogP contribution in [0.4, 0.5) is 29.9 Å². The van der Waals surface area contributed by atoms with Gasteiger partial charge in [0.15, 0.2) is 11.5 Å². The highest BCUT2D eigenvalue weighted by molar-refractivity contribution is 5.88. The number of carbonyl (C=O) groups is 2. The van der Waals surface area contributed by atoms with Crippen molar-refractivity contribution in [2.75, 3.05) is 10.6 Å². The number of hydrogen-bond acceptors (Lipinski definition) is 7. The van der Waals surface area contributed by atoms with Gasteiger partial charge in [-0.2, -0.15) is 4.39 Å². The van der Waals surface area contributed by atoms with Gasteiger partial charge in [-0.05, 0) is 25.1 Å². The van der Waals surface area contributed by atoms with Crippen LogP contribution < -0.4 is 10.6 Å². The number of carbonyl (C=O) groups excluding carboxylic acids is 1. The summed E-state index contributed by atoms with van der Waals surface area (Å²) in [5.74, 6) is -1.61. The van der Waals surface area contributed by atoms with Crippen molar-refractivity contribution in [1.29, 1.82) is 0 Å². The molecule has 0 aromatic carbocycles. The number of amides is 2. The molecular weight excluding hydrogens is 404 g/mol. The van der Waals surface area contributed by atoms with E-state index in [2.05, 4.69) is 30.9 Å². The third kappa shape index (κ3) is 4.63. The van der Waals surface area contributed by atoms with Crippen molar-refractivity contribution in [3.63, 3.8) is 0 Å². The first-order valence-corrected chi connectivity index (χ1v) is 8.39. The van der Waals surface area contributed by atoms with Crippen LogP contribution in [0.15, 0.2) is 30.6 Å². The molecule has 0 spiro atoms. The summed E-state index contributed by atoms with van der Waals surface area (Å²) in [4.78, 5) is 30.3. The number of pyridine rings is 2. The third-order valence-electron chi connectivity index (χ3n) is 3.86. The average Bonchev–Trinajstić information content (AvgIpc) is 3.04. The summed E-state index contributed by atoms with van der Waals surface area (Å²) in [5.41, 5.74) is 0.491. The highest BCUT2D eigenvalue weighted by Crippen LogP contribution is 2.25. The van der Waals surface area contributed by atoms with E-state index in [-0.39, 0.29) is 22.8 Å². The number of halogens is 2. The Hall–Kier alpha value is -4.16. The first-order valence-electron chi connectivity index (χ1n) is 8.39. The van der Waals surface area contributed by atoms with Gasteiger partial charge in [0.2, 0.25) is 5.95 Å². The lowest BCUT2D eigenvalue weighted by atomic mass is 10.2. The lowest BCUT2D eigenvalue weighted by Gasteiger charge is -2.15. The third-order valence-corrected chi connectivity index (χ3v) is 3.86. The number of rotatable bonds is 5. The summed E-state index contributed by atoms with van der Waals surface area (Å²) >= 11 is 0. The van der Waals surface area contributed by atoms with Gasteiger partial charge >= 0.3 is 12.2 Å². The lowest BCUT2D eigenvalue weighted by Crippen LogP contribution is -2.19. The summed E-state index contributed by atoms with van der Waals surface area (Å²) in [6.45, 7) is 1.36. The fraction of sp³-hybridized carbons (Fsp3) is 0.176. The summed E-state index contributed by atoms with van der Waals surface area (Å²) < 4.78 is 33.4. The second-order valence-corrected chi connectivity index (χ2v) is 5.98. The molecule has 0 fully saturated rings. The van der Waals surface area contributed by atoms with Gasteiger partial charge in [0.1, 0.15) is 11.9 Å². The zero-order valence-corrected chi connectivity index (χ0v) is 15.6. The van der Waals surface area contributed by atoms with E-state index < -0.39 is 30.1 Å². The van der Waals surface area contributed by atoms with E-state index in [9.17, 15) is 18.4 Å². The second kappa shape index (κ2) is 8.46. The van der Waals surface area contributed by atoms with Crippen LogP contribution in [0, 0.1) is 11.8 Å². The quantitative estimate of drug-likeness (QED) is 0.536. The summed E-state index contributed by atoms with van der Waals surface area (Å²) in [6, 6.07) is 3.81. The fourth-order valence-electron chi connectivity index (χ4n) is 2.47. The van der Waals surface area contributed by atoms with Gasteiger partial charge in [-0.3, -0.25) is 15.6 Å². The molecule has 0 saturated carbocycles. The summed E-state index contributed by atoms with van der Waals surface area (Å²) in [5, 5.41) is 21.0. The van der Waals surface area contributed by atoms with Crippen molar-refractivity contribution >= 4 is 23.7 Å². The molecule has 0 bridgehead atoms. The Morgan fingerprint density at radius 1 is 1.20 bits per heavy atom. The Balaban J connectivity index is 1.75. The number of ether oxygens (including phenoxy) is 1. The molecule has 2 amide bonds. The van der Waals surface area contributed by atoms with E-state index in [1.54, 1.807) is 0 Å². The Morgan fingerprint density at radius 3 is 2.63 bits per heavy atom. The van der Waals surface area contributed by atoms with E-state index in [4.69, 9.17) is 9.84 Å². The predicted molar refractivity (Wildman–Crippen MR) is 98.6 cm³/mol. The van der Waals surface area contributed by atoms with Gasteiger partial charge in [0, 0.05) is 7.05 Å². The van der Waals surface area contributed by atoms with Crippen molar-refractivity contribution < 1.29 is 28.2 Å². The molecule has 1 unspecified atom stereocenters. The van der Waals surface area contributed by atoms with Crippen molar-refractivity contribution in [1.82, 2.24) is 25.0 Å². The Labute approximate surface area is 167 Å². The molecule has 3 aromatic rings. The number of carboxylic acid groups (broad SMARTS) is 1. The zero-order valence-electron chi connectivity index (χ0n) is 15.6. The molecule has 0 radical (unpaired) electrons. The van der Waals surface area contributed by atoms with Gasteiger partial charge < -0.3 is 9.84 Å². The number of nitrogens with zero attached hydrogens (tertiary/aromatic N) is 5. The average molecular weight is 419 g/mol. The SMILES string of the molecule is CC(OC(=O)Nc1c(-c2ccc(NC(=O)O)cn2)nnn1C)c1cc(F)cnc1F. The van der Waals surface area contributed by atoms with Crippen molar-refractivity contribution in [2.45, 2.75) is 13.0 Å². The van der Waals surface area contributed by atoms with Gasteiger partial charge in [-0.1, -0.05) is 5.21 Å². The molecule has 156 valence electrons. The molecule has 0 aliphatic heterocycles. The topological polar surface area (TPSA) is 144 Å². The molecule has 1 atom stereocenters. The largest absolute Gasteiger partial charge is 0.465 e. The van der Waals surface area contributed by atoms with E-state index in [0.717, 1.165) is 6.07 Å². The highest BCUT2D eigenvalue weighted by atomic mass is 19.1. The van der Waals surface area contributed by atoms with Crippen LogP contribution in [0.5, 0.6) is 0 Å². The van der Waals surface area contributed by atoms with Crippen molar-refractivity contribution in [3.05, 3.63) is 47.9 Å². The number of aryl methyl sites for hydroxylation is 1. The maximum atomic E-state index is 13.7. The minimum absolute atomic E-state index is 0.122. The lowest BCUT2D eigenvalue weighted by molar-refractivity contribution is 0.118. The molecular formula is C17H15F2N7O4. The van der Waals surface area contributed by atoms with E-state index in [0.29, 0.717) is 11.9 Å². The predicted octanol–water partition coefficient (Wildman–Crippen LogP) is 2.95. The second-order valence-electron chi connectivity index (χ2n) is 5.98. The highest BCUT2D eigenvalue weighted by Gasteiger charge is 2.21. The molecule has 3 rings (SSSR count). The van der Waals surface area contributed by atoms with Crippen LogP contribution in [0.3, 0.4) is 0 Å². The maximum absolute atomic E-state index is 13.7. The van der Waals surface area contributed by atoms with Crippen LogP contribution in [-0.4, -0.2) is 42.3 Å². The van der Waals surface area contributed by atoms with Crippen LogP contribution >= 0.6 is 0 Å². The minimum Gasteiger partial charge on any atom is -0.465 e. The van der Waals surface area contributed by atoms with Crippen LogP contribution in [0.25, 0.3) is 11.4 Å². The van der Waals surface area contributed by atoms with Crippen molar-refractivity contribution in [3.8, 4) is 11.4 Å². The molecule has 3 aromatic heterocycles. The molecule has 3 N–H and O–H groups in total. The Kier molecular flexibility index (Phi) is 5.80. The van der Waals surface area contributed by atoms with E-state index >= 15 is 0 Å². The number of nitrogens with one attached hydrogen (secondary N) is 2. The molecule has 0 saturated heterocycles. The normalized spacial score (nSPS) is 11.6. The molecule has 30 heavy (non-hydrogen) atoms. The smallest absolute Gasteiger partial charge is 0.413 e. The molecule has 13 heteroatoms. The summed E-state index contributed by atoms with van der Waals surface area (Å²) in [7, 11) is 1.51. The van der Waals surface area contributed by atoms with E-state index in [1.807, 2.05) is 0 Å². The maximum Gasteiger partial charge on any atom is 0.413 e. The molecule has 0 aliphatic carbocycles. The van der Waals surface area contributed by atoms with E-state index in [1.165, 1.54) is 37.0 Å². The summed E-state index contributed by atoms with van der Waals surface area (Å²) in [6.07, 6.45) is -1.36. The zero-order chi connectivity index (χ0) is 21.8. The fourth-order valence-corrected chi connectivity index (χ4v) is 2.47. The van der Waals surface area contributed by atoms with Gasteiger partial charge in [0.25, 0.3) is 0 Å². The molecule has 11 nitrogen and oxygen atoms in total. The first kappa shape index (κ1) is 20.6.